The van der Waals surface area contributed by atoms with Crippen LogP contribution in [0.5, 0.6) is 0 Å². The minimum Gasteiger partial charge on any atom is -0.369 e. The molecule has 2 bridgehead atoms. The number of nitrogens with zero attached hydrogens (tertiary/aromatic N) is 3. The molecule has 2 fully saturated rings. The molecule has 0 amide bonds. The molecular formula is C13H18N6. The van der Waals surface area contributed by atoms with E-state index in [2.05, 4.69) is 25.5 Å². The molecule has 2 heterocycles. The summed E-state index contributed by atoms with van der Waals surface area (Å²) in [5.41, 5.74) is 6.42. The number of H-pyrrole nitrogens is 1. The molecule has 100 valence electrons. The summed E-state index contributed by atoms with van der Waals surface area (Å²) in [5, 5.41) is 11.2. The summed E-state index contributed by atoms with van der Waals surface area (Å²) in [5.74, 6) is 3.76. The summed E-state index contributed by atoms with van der Waals surface area (Å²) >= 11 is 0. The van der Waals surface area contributed by atoms with Crippen LogP contribution in [0.15, 0.2) is 6.20 Å². The lowest BCUT2D eigenvalue weighted by molar-refractivity contribution is 0.348. The third kappa shape index (κ3) is 1.82. The summed E-state index contributed by atoms with van der Waals surface area (Å²) in [6.07, 6.45) is 7.39. The maximum absolute atomic E-state index is 5.72. The van der Waals surface area contributed by atoms with E-state index in [-0.39, 0.29) is 5.95 Å². The molecular weight excluding hydrogens is 240 g/mol. The molecule has 4 rings (SSSR count). The maximum Gasteiger partial charge on any atom is 0.224 e. The molecule has 0 aliphatic heterocycles. The Balaban J connectivity index is 1.53. The highest BCUT2D eigenvalue weighted by atomic mass is 15.2. The predicted molar refractivity (Wildman–Crippen MR) is 73.5 cm³/mol. The van der Waals surface area contributed by atoms with Crippen molar-refractivity contribution in [3.8, 4) is 0 Å². The number of aromatic amines is 1. The Hall–Kier alpha value is -1.85. The second-order valence-electron chi connectivity index (χ2n) is 5.88. The van der Waals surface area contributed by atoms with Crippen molar-refractivity contribution in [3.05, 3.63) is 6.20 Å². The van der Waals surface area contributed by atoms with Crippen LogP contribution >= 0.6 is 0 Å². The third-order valence-electron chi connectivity index (χ3n) is 4.74. The molecule has 2 saturated carbocycles. The van der Waals surface area contributed by atoms with Crippen molar-refractivity contribution in [2.24, 2.45) is 17.8 Å². The van der Waals surface area contributed by atoms with Crippen LogP contribution in [0.1, 0.15) is 25.7 Å². The Labute approximate surface area is 111 Å². The van der Waals surface area contributed by atoms with Gasteiger partial charge in [0.05, 0.1) is 11.6 Å². The van der Waals surface area contributed by atoms with Crippen molar-refractivity contribution >= 4 is 22.8 Å². The van der Waals surface area contributed by atoms with Crippen molar-refractivity contribution in [3.63, 3.8) is 0 Å². The first-order valence-electron chi connectivity index (χ1n) is 7.00. The molecule has 2 aromatic heterocycles. The van der Waals surface area contributed by atoms with Crippen LogP contribution in [0.4, 0.5) is 11.8 Å². The molecule has 4 N–H and O–H groups in total. The molecule has 0 saturated heterocycles. The van der Waals surface area contributed by atoms with Crippen LogP contribution in [0, 0.1) is 17.8 Å². The van der Waals surface area contributed by atoms with Crippen molar-refractivity contribution < 1.29 is 0 Å². The number of nitrogen functional groups attached to an aromatic ring is 1. The second-order valence-corrected chi connectivity index (χ2v) is 5.88. The van der Waals surface area contributed by atoms with Gasteiger partial charge in [0.1, 0.15) is 5.82 Å². The number of nitrogens with one attached hydrogen (secondary N) is 2. The van der Waals surface area contributed by atoms with Crippen LogP contribution in [-0.4, -0.2) is 26.7 Å². The lowest BCUT2D eigenvalue weighted by atomic mass is 9.89. The zero-order chi connectivity index (χ0) is 12.8. The first-order valence-corrected chi connectivity index (χ1v) is 7.00. The second kappa shape index (κ2) is 4.08. The minimum atomic E-state index is 0.284. The fourth-order valence-corrected chi connectivity index (χ4v) is 3.84. The van der Waals surface area contributed by atoms with Crippen molar-refractivity contribution in [2.75, 3.05) is 17.6 Å². The van der Waals surface area contributed by atoms with Crippen molar-refractivity contribution in [1.29, 1.82) is 0 Å². The monoisotopic (exact) mass is 258 g/mol. The molecule has 3 atom stereocenters. The lowest BCUT2D eigenvalue weighted by Crippen LogP contribution is -2.20. The summed E-state index contributed by atoms with van der Waals surface area (Å²) in [6.45, 7) is 0.984. The van der Waals surface area contributed by atoms with E-state index < -0.39 is 0 Å². The van der Waals surface area contributed by atoms with E-state index in [1.54, 1.807) is 6.20 Å². The lowest BCUT2D eigenvalue weighted by Gasteiger charge is -2.22. The zero-order valence-electron chi connectivity index (χ0n) is 10.8. The van der Waals surface area contributed by atoms with Gasteiger partial charge in [-0.05, 0) is 37.0 Å². The van der Waals surface area contributed by atoms with Gasteiger partial charge < -0.3 is 11.1 Å². The van der Waals surface area contributed by atoms with Crippen LogP contribution in [0.2, 0.25) is 0 Å². The predicted octanol–water partition coefficient (Wildman–Crippen LogP) is 1.78. The summed E-state index contributed by atoms with van der Waals surface area (Å²) in [7, 11) is 0. The number of anilines is 2. The van der Waals surface area contributed by atoms with Crippen LogP contribution in [0.25, 0.3) is 11.0 Å². The molecule has 2 aromatic rings. The Morgan fingerprint density at radius 3 is 3.05 bits per heavy atom. The Kier molecular flexibility index (Phi) is 2.36. The van der Waals surface area contributed by atoms with E-state index in [9.17, 15) is 0 Å². The maximum atomic E-state index is 5.72. The standard InChI is InChI=1S/C13H18N6/c14-13-17-11(10-6-16-19-12(10)18-13)15-5-9-4-7-1-2-8(9)3-7/h6-9H,1-5H2,(H4,14,15,16,17,18,19). The number of nitrogens with two attached hydrogens (primary N) is 1. The highest BCUT2D eigenvalue weighted by molar-refractivity contribution is 5.86. The molecule has 0 radical (unpaired) electrons. The third-order valence-corrected chi connectivity index (χ3v) is 4.74. The number of fused-ring (bicyclic) bond motifs is 3. The molecule has 6 heteroatoms. The Bertz CT molecular complexity index is 606. The number of hydrogen-bond acceptors (Lipinski definition) is 5. The van der Waals surface area contributed by atoms with Gasteiger partial charge in [0.15, 0.2) is 5.65 Å². The molecule has 3 unspecified atom stereocenters. The van der Waals surface area contributed by atoms with E-state index in [1.807, 2.05) is 0 Å². The van der Waals surface area contributed by atoms with Crippen molar-refractivity contribution in [2.45, 2.75) is 25.7 Å². The van der Waals surface area contributed by atoms with E-state index in [0.717, 1.165) is 35.5 Å². The largest absolute Gasteiger partial charge is 0.369 e. The SMILES string of the molecule is Nc1nc(NCC2CC3CCC2C3)c2cn[nH]c2n1. The van der Waals surface area contributed by atoms with Gasteiger partial charge in [0.25, 0.3) is 0 Å². The topological polar surface area (TPSA) is 92.5 Å². The smallest absolute Gasteiger partial charge is 0.224 e. The molecule has 19 heavy (non-hydrogen) atoms. The number of aromatic nitrogens is 4. The van der Waals surface area contributed by atoms with Gasteiger partial charge in [-0.15, -0.1) is 0 Å². The van der Waals surface area contributed by atoms with Gasteiger partial charge in [0.2, 0.25) is 5.95 Å². The normalized spacial score (nSPS) is 29.2. The van der Waals surface area contributed by atoms with E-state index in [1.165, 1.54) is 25.7 Å². The van der Waals surface area contributed by atoms with Crippen LogP contribution in [-0.2, 0) is 0 Å². The van der Waals surface area contributed by atoms with E-state index in [4.69, 9.17) is 5.73 Å². The summed E-state index contributed by atoms with van der Waals surface area (Å²) in [6, 6.07) is 0. The summed E-state index contributed by atoms with van der Waals surface area (Å²) < 4.78 is 0. The molecule has 2 aliphatic carbocycles. The molecule has 0 spiro atoms. The van der Waals surface area contributed by atoms with E-state index in [0.29, 0.717) is 5.65 Å². The van der Waals surface area contributed by atoms with Crippen molar-refractivity contribution in [1.82, 2.24) is 20.2 Å². The Morgan fingerprint density at radius 2 is 2.26 bits per heavy atom. The van der Waals surface area contributed by atoms with Gasteiger partial charge in [-0.1, -0.05) is 6.42 Å². The van der Waals surface area contributed by atoms with Crippen LogP contribution < -0.4 is 11.1 Å². The van der Waals surface area contributed by atoms with Gasteiger partial charge in [-0.25, -0.2) is 0 Å². The highest BCUT2D eigenvalue weighted by Crippen LogP contribution is 2.48. The van der Waals surface area contributed by atoms with Crippen LogP contribution in [0.3, 0.4) is 0 Å². The first-order chi connectivity index (χ1) is 9.29. The summed E-state index contributed by atoms with van der Waals surface area (Å²) in [4.78, 5) is 8.42. The minimum absolute atomic E-state index is 0.284. The fourth-order valence-electron chi connectivity index (χ4n) is 3.84. The van der Waals surface area contributed by atoms with E-state index >= 15 is 0 Å². The quantitative estimate of drug-likeness (QED) is 0.780. The number of hydrogen-bond donors (Lipinski definition) is 3. The average molecular weight is 258 g/mol. The van der Waals surface area contributed by atoms with Gasteiger partial charge in [-0.2, -0.15) is 15.1 Å². The molecule has 6 nitrogen and oxygen atoms in total. The van der Waals surface area contributed by atoms with Gasteiger partial charge >= 0.3 is 0 Å². The first kappa shape index (κ1) is 11.0. The Morgan fingerprint density at radius 1 is 1.32 bits per heavy atom. The molecule has 2 aliphatic rings. The van der Waals surface area contributed by atoms with Gasteiger partial charge in [-0.3, -0.25) is 5.10 Å². The van der Waals surface area contributed by atoms with Gasteiger partial charge in [0, 0.05) is 6.54 Å². The highest BCUT2D eigenvalue weighted by Gasteiger charge is 2.39. The fraction of sp³-hybridized carbons (Fsp3) is 0.615. The number of rotatable bonds is 3. The molecule has 0 aromatic carbocycles. The average Bonchev–Trinajstić information content (AvgIpc) is 3.10. The zero-order valence-corrected chi connectivity index (χ0v) is 10.8.